The highest BCUT2D eigenvalue weighted by Gasteiger charge is 2.43. The van der Waals surface area contributed by atoms with E-state index in [2.05, 4.69) is 5.32 Å². The molecule has 2 aliphatic heterocycles. The van der Waals surface area contributed by atoms with Gasteiger partial charge in [0.15, 0.2) is 0 Å². The first-order valence-electron chi connectivity index (χ1n) is 11.8. The van der Waals surface area contributed by atoms with Gasteiger partial charge in [-0.3, -0.25) is 9.59 Å². The number of benzene rings is 2. The third-order valence-electron chi connectivity index (χ3n) is 7.04. The maximum absolute atomic E-state index is 13.9. The molecule has 9 heteroatoms. The number of amides is 2. The molecule has 6 nitrogen and oxygen atoms in total. The van der Waals surface area contributed by atoms with Gasteiger partial charge in [-0.05, 0) is 36.1 Å². The van der Waals surface area contributed by atoms with Crippen LogP contribution in [0.3, 0.4) is 0 Å². The van der Waals surface area contributed by atoms with Crippen LogP contribution in [-0.4, -0.2) is 56.1 Å². The maximum Gasteiger partial charge on any atom is 0.416 e. The van der Waals surface area contributed by atoms with Crippen LogP contribution in [0, 0.1) is 0 Å². The van der Waals surface area contributed by atoms with Crippen LogP contribution in [0.25, 0.3) is 0 Å². The highest BCUT2D eigenvalue weighted by Crippen LogP contribution is 2.37. The molecular weight excluding hydrogens is 459 g/mol. The molecular formula is C26H30F3N3O3. The summed E-state index contributed by atoms with van der Waals surface area (Å²) in [6.07, 6.45) is -3.73. The van der Waals surface area contributed by atoms with E-state index >= 15 is 0 Å². The van der Waals surface area contributed by atoms with Crippen molar-refractivity contribution in [1.29, 1.82) is 0 Å². The predicted molar refractivity (Wildman–Crippen MR) is 126 cm³/mol. The van der Waals surface area contributed by atoms with Gasteiger partial charge in [0.2, 0.25) is 11.8 Å². The minimum atomic E-state index is -4.55. The summed E-state index contributed by atoms with van der Waals surface area (Å²) in [5, 5.41) is 2.79. The lowest BCUT2D eigenvalue weighted by atomic mass is 9.72. The standard InChI is InChI=1S/C26H30F3N3O3/c1-19(33)31-11-9-25(10-12-31,21-5-3-2-4-6-21)24(34)30-18-20-7-8-22(17-23(20)26(27,28)29)32-13-15-35-16-14-32/h2-8,17H,9-16,18H2,1H3,(H,30,34). The van der Waals surface area contributed by atoms with E-state index in [9.17, 15) is 22.8 Å². The van der Waals surface area contributed by atoms with Crippen molar-refractivity contribution >= 4 is 17.5 Å². The number of carbonyl (C=O) groups excluding carboxylic acids is 2. The Bertz CT molecular complexity index is 1040. The lowest BCUT2D eigenvalue weighted by Crippen LogP contribution is -2.52. The quantitative estimate of drug-likeness (QED) is 0.695. The summed E-state index contributed by atoms with van der Waals surface area (Å²) in [6.45, 7) is 4.11. The molecule has 1 N–H and O–H groups in total. The van der Waals surface area contributed by atoms with E-state index in [1.165, 1.54) is 13.0 Å². The summed E-state index contributed by atoms with van der Waals surface area (Å²) >= 11 is 0. The van der Waals surface area contributed by atoms with E-state index in [0.29, 0.717) is 57.9 Å². The molecule has 2 aromatic rings. The lowest BCUT2D eigenvalue weighted by molar-refractivity contribution is -0.138. The molecule has 0 unspecified atom stereocenters. The molecule has 2 saturated heterocycles. The molecule has 0 aliphatic carbocycles. The van der Waals surface area contributed by atoms with Crippen LogP contribution in [0.15, 0.2) is 48.5 Å². The van der Waals surface area contributed by atoms with Crippen LogP contribution in [0.1, 0.15) is 36.5 Å². The minimum absolute atomic E-state index is 0.0206. The van der Waals surface area contributed by atoms with Gasteiger partial charge in [-0.1, -0.05) is 36.4 Å². The molecule has 0 atom stereocenters. The molecule has 4 rings (SSSR count). The molecule has 0 spiro atoms. The topological polar surface area (TPSA) is 61.9 Å². The van der Waals surface area contributed by atoms with Crippen molar-refractivity contribution in [3.05, 3.63) is 65.2 Å². The molecule has 2 fully saturated rings. The maximum atomic E-state index is 13.9. The molecule has 2 amide bonds. The highest BCUT2D eigenvalue weighted by molar-refractivity contribution is 5.89. The SMILES string of the molecule is CC(=O)N1CCC(C(=O)NCc2ccc(N3CCOCC3)cc2C(F)(F)F)(c2ccccc2)CC1. The molecule has 2 aliphatic rings. The number of hydrogen-bond donors (Lipinski definition) is 1. The number of nitrogens with zero attached hydrogens (tertiary/aromatic N) is 2. The number of nitrogens with one attached hydrogen (secondary N) is 1. The van der Waals surface area contributed by atoms with Gasteiger partial charge >= 0.3 is 6.18 Å². The van der Waals surface area contributed by atoms with Crippen molar-refractivity contribution in [3.63, 3.8) is 0 Å². The van der Waals surface area contributed by atoms with Gasteiger partial charge < -0.3 is 19.9 Å². The fourth-order valence-electron chi connectivity index (χ4n) is 4.95. The van der Waals surface area contributed by atoms with Gasteiger partial charge in [0.1, 0.15) is 0 Å². The average Bonchev–Trinajstić information content (AvgIpc) is 2.87. The van der Waals surface area contributed by atoms with Gasteiger partial charge in [-0.15, -0.1) is 0 Å². The summed E-state index contributed by atoms with van der Waals surface area (Å²) in [5.74, 6) is -0.375. The molecule has 0 aromatic heterocycles. The first-order valence-corrected chi connectivity index (χ1v) is 11.8. The number of morpholine rings is 1. The van der Waals surface area contributed by atoms with Crippen molar-refractivity contribution in [3.8, 4) is 0 Å². The highest BCUT2D eigenvalue weighted by atomic mass is 19.4. The van der Waals surface area contributed by atoms with E-state index in [1.807, 2.05) is 35.2 Å². The number of anilines is 1. The van der Waals surface area contributed by atoms with E-state index in [1.54, 1.807) is 11.0 Å². The van der Waals surface area contributed by atoms with Crippen molar-refractivity contribution in [1.82, 2.24) is 10.2 Å². The van der Waals surface area contributed by atoms with Crippen LogP contribution < -0.4 is 10.2 Å². The van der Waals surface area contributed by atoms with E-state index < -0.39 is 17.2 Å². The average molecular weight is 490 g/mol. The third kappa shape index (κ3) is 5.45. The second-order valence-electron chi connectivity index (χ2n) is 9.08. The van der Waals surface area contributed by atoms with E-state index in [4.69, 9.17) is 4.74 Å². The lowest BCUT2D eigenvalue weighted by Gasteiger charge is -2.41. The second-order valence-corrected chi connectivity index (χ2v) is 9.08. The summed E-state index contributed by atoms with van der Waals surface area (Å²) in [6, 6.07) is 13.5. The second kappa shape index (κ2) is 10.3. The summed E-state index contributed by atoms with van der Waals surface area (Å²) in [5.41, 5.74) is -0.332. The fraction of sp³-hybridized carbons (Fsp3) is 0.462. The number of ether oxygens (including phenoxy) is 1. The molecule has 2 aromatic carbocycles. The normalized spacial score (nSPS) is 18.3. The Labute approximate surface area is 203 Å². The summed E-state index contributed by atoms with van der Waals surface area (Å²) < 4.78 is 47.1. The fourth-order valence-corrected chi connectivity index (χ4v) is 4.95. The van der Waals surface area contributed by atoms with Crippen molar-refractivity contribution in [2.24, 2.45) is 0 Å². The van der Waals surface area contributed by atoms with Crippen molar-refractivity contribution < 1.29 is 27.5 Å². The minimum Gasteiger partial charge on any atom is -0.378 e. The number of carbonyl (C=O) groups is 2. The Morgan fingerprint density at radius 1 is 1.00 bits per heavy atom. The number of piperidine rings is 1. The van der Waals surface area contributed by atoms with Gasteiger partial charge in [-0.2, -0.15) is 13.2 Å². The first-order chi connectivity index (χ1) is 16.7. The predicted octanol–water partition coefficient (Wildman–Crippen LogP) is 3.74. The van der Waals surface area contributed by atoms with Gasteiger partial charge in [0.05, 0.1) is 24.2 Å². The molecule has 188 valence electrons. The molecule has 0 saturated carbocycles. The first kappa shape index (κ1) is 25.0. The molecule has 35 heavy (non-hydrogen) atoms. The third-order valence-corrected chi connectivity index (χ3v) is 7.04. The number of likely N-dealkylation sites (tertiary alicyclic amines) is 1. The number of alkyl halides is 3. The Kier molecular flexibility index (Phi) is 7.35. The Morgan fingerprint density at radius 3 is 2.26 bits per heavy atom. The zero-order valence-corrected chi connectivity index (χ0v) is 19.7. The Hall–Kier alpha value is -3.07. The van der Waals surface area contributed by atoms with Gasteiger partial charge in [-0.25, -0.2) is 0 Å². The van der Waals surface area contributed by atoms with E-state index in [0.717, 1.165) is 11.6 Å². The van der Waals surface area contributed by atoms with Crippen LogP contribution in [0.4, 0.5) is 18.9 Å². The number of hydrogen-bond acceptors (Lipinski definition) is 4. The Morgan fingerprint density at radius 2 is 1.66 bits per heavy atom. The summed E-state index contributed by atoms with van der Waals surface area (Å²) in [4.78, 5) is 28.9. The zero-order valence-electron chi connectivity index (χ0n) is 19.7. The largest absolute Gasteiger partial charge is 0.416 e. The smallest absolute Gasteiger partial charge is 0.378 e. The zero-order chi connectivity index (χ0) is 25.1. The molecule has 0 radical (unpaired) electrons. The molecule has 2 heterocycles. The van der Waals surface area contributed by atoms with Gasteiger partial charge in [0, 0.05) is 45.3 Å². The van der Waals surface area contributed by atoms with Gasteiger partial charge in [0.25, 0.3) is 0 Å². The summed E-state index contributed by atoms with van der Waals surface area (Å²) in [7, 11) is 0. The van der Waals surface area contributed by atoms with E-state index in [-0.39, 0.29) is 23.9 Å². The number of halogens is 3. The molecule has 0 bridgehead atoms. The van der Waals surface area contributed by atoms with Crippen molar-refractivity contribution in [2.45, 2.75) is 37.9 Å². The van der Waals surface area contributed by atoms with Crippen LogP contribution in [0.5, 0.6) is 0 Å². The Balaban J connectivity index is 1.56. The van der Waals surface area contributed by atoms with Crippen LogP contribution in [0.2, 0.25) is 0 Å². The van der Waals surface area contributed by atoms with Crippen LogP contribution >= 0.6 is 0 Å². The monoisotopic (exact) mass is 489 g/mol. The van der Waals surface area contributed by atoms with Crippen molar-refractivity contribution in [2.75, 3.05) is 44.3 Å². The number of rotatable bonds is 5. The van der Waals surface area contributed by atoms with Crippen LogP contribution in [-0.2, 0) is 32.5 Å².